The molecule has 0 bridgehead atoms. The smallest absolute Gasteiger partial charge is 0.198 e. The lowest BCUT2D eigenvalue weighted by atomic mass is 9.83. The Morgan fingerprint density at radius 2 is 1.35 bits per heavy atom. The number of ether oxygens (including phenoxy) is 1. The Morgan fingerprint density at radius 3 is 2.04 bits per heavy atom. The van der Waals surface area contributed by atoms with Gasteiger partial charge in [0.15, 0.2) is 11.6 Å². The molecule has 0 saturated heterocycles. The number of carbonyl (C=O) groups is 2. The lowest BCUT2D eigenvalue weighted by molar-refractivity contribution is 0.0973. The van der Waals surface area contributed by atoms with Gasteiger partial charge in [0.25, 0.3) is 0 Å². The molecule has 4 rings (SSSR count). The zero-order valence-electron chi connectivity index (χ0n) is 14.7. The van der Waals surface area contributed by atoms with Crippen LogP contribution in [0.5, 0.6) is 5.75 Å². The van der Waals surface area contributed by atoms with E-state index in [2.05, 4.69) is 0 Å². The molecular formula is C23H18O3. The van der Waals surface area contributed by atoms with Gasteiger partial charge in [0.1, 0.15) is 11.9 Å². The van der Waals surface area contributed by atoms with E-state index in [4.69, 9.17) is 4.74 Å². The standard InChI is InChI=1S/C23H18O3/c1-14-12-13-19-20(22(25)18-11-7-6-10-17(18)21(19)24)23(14)26-15(2)16-8-4-3-5-9-16/h3-13,15H,1-2H3. The van der Waals surface area contributed by atoms with E-state index >= 15 is 0 Å². The van der Waals surface area contributed by atoms with Gasteiger partial charge in [-0.1, -0.05) is 60.7 Å². The molecule has 1 aliphatic carbocycles. The second-order valence-electron chi connectivity index (χ2n) is 6.51. The van der Waals surface area contributed by atoms with Crippen LogP contribution < -0.4 is 4.74 Å². The molecule has 3 heteroatoms. The van der Waals surface area contributed by atoms with Crippen molar-refractivity contribution in [1.82, 2.24) is 0 Å². The van der Waals surface area contributed by atoms with Crippen molar-refractivity contribution in [2.24, 2.45) is 0 Å². The Balaban J connectivity index is 1.83. The molecule has 0 saturated carbocycles. The Hall–Kier alpha value is -3.20. The molecule has 0 radical (unpaired) electrons. The van der Waals surface area contributed by atoms with Crippen molar-refractivity contribution in [2.75, 3.05) is 0 Å². The summed E-state index contributed by atoms with van der Waals surface area (Å²) >= 11 is 0. The van der Waals surface area contributed by atoms with Crippen molar-refractivity contribution in [3.8, 4) is 5.75 Å². The van der Waals surface area contributed by atoms with E-state index in [1.54, 1.807) is 30.3 Å². The molecule has 0 spiro atoms. The summed E-state index contributed by atoms with van der Waals surface area (Å²) in [4.78, 5) is 26.0. The van der Waals surface area contributed by atoms with Crippen LogP contribution in [0.15, 0.2) is 66.7 Å². The zero-order valence-corrected chi connectivity index (χ0v) is 14.7. The Kier molecular flexibility index (Phi) is 3.92. The summed E-state index contributed by atoms with van der Waals surface area (Å²) in [5.41, 5.74) is 3.53. The molecule has 26 heavy (non-hydrogen) atoms. The highest BCUT2D eigenvalue weighted by Crippen LogP contribution is 2.37. The predicted octanol–water partition coefficient (Wildman–Crippen LogP) is 4.91. The summed E-state index contributed by atoms with van der Waals surface area (Å²) in [6, 6.07) is 20.3. The predicted molar refractivity (Wildman–Crippen MR) is 100.0 cm³/mol. The fourth-order valence-electron chi connectivity index (χ4n) is 3.38. The first-order valence-electron chi connectivity index (χ1n) is 8.61. The average Bonchev–Trinajstić information content (AvgIpc) is 2.68. The van der Waals surface area contributed by atoms with Gasteiger partial charge < -0.3 is 4.74 Å². The summed E-state index contributed by atoms with van der Waals surface area (Å²) in [5.74, 6) is 0.202. The molecule has 0 fully saturated rings. The van der Waals surface area contributed by atoms with Crippen LogP contribution in [0.25, 0.3) is 0 Å². The quantitative estimate of drug-likeness (QED) is 0.531. The van der Waals surface area contributed by atoms with E-state index in [0.29, 0.717) is 28.0 Å². The molecule has 0 amide bonds. The third-order valence-electron chi connectivity index (χ3n) is 4.81. The third-order valence-corrected chi connectivity index (χ3v) is 4.81. The van der Waals surface area contributed by atoms with Crippen molar-refractivity contribution in [2.45, 2.75) is 20.0 Å². The molecule has 1 unspecified atom stereocenters. The summed E-state index contributed by atoms with van der Waals surface area (Å²) in [6.07, 6.45) is -0.235. The maximum Gasteiger partial charge on any atom is 0.198 e. The average molecular weight is 342 g/mol. The van der Waals surface area contributed by atoms with Gasteiger partial charge in [0, 0.05) is 16.7 Å². The topological polar surface area (TPSA) is 43.4 Å². The van der Waals surface area contributed by atoms with Gasteiger partial charge in [-0.15, -0.1) is 0 Å². The second-order valence-corrected chi connectivity index (χ2v) is 6.51. The van der Waals surface area contributed by atoms with Crippen molar-refractivity contribution >= 4 is 11.6 Å². The highest BCUT2D eigenvalue weighted by Gasteiger charge is 2.33. The largest absolute Gasteiger partial charge is 0.485 e. The molecule has 0 N–H and O–H groups in total. The maximum atomic E-state index is 13.1. The lowest BCUT2D eigenvalue weighted by Gasteiger charge is -2.24. The van der Waals surface area contributed by atoms with Crippen molar-refractivity contribution in [1.29, 1.82) is 0 Å². The normalized spacial score (nSPS) is 13.8. The minimum Gasteiger partial charge on any atom is -0.485 e. The van der Waals surface area contributed by atoms with Crippen LogP contribution in [0.4, 0.5) is 0 Å². The molecule has 0 heterocycles. The van der Waals surface area contributed by atoms with Gasteiger partial charge >= 0.3 is 0 Å². The van der Waals surface area contributed by atoms with Crippen molar-refractivity contribution in [3.05, 3.63) is 100 Å². The van der Waals surface area contributed by atoms with Crippen molar-refractivity contribution < 1.29 is 14.3 Å². The van der Waals surface area contributed by atoms with Gasteiger partial charge in [-0.05, 0) is 31.0 Å². The number of carbonyl (C=O) groups excluding carboxylic acids is 2. The number of hydrogen-bond donors (Lipinski definition) is 0. The molecule has 3 nitrogen and oxygen atoms in total. The number of aryl methyl sites for hydroxylation is 1. The SMILES string of the molecule is Cc1ccc2c(c1OC(C)c1ccccc1)C(=O)c1ccccc1C2=O. The molecule has 3 aromatic rings. The van der Waals surface area contributed by atoms with Crippen LogP contribution in [0.2, 0.25) is 0 Å². The molecule has 128 valence electrons. The van der Waals surface area contributed by atoms with Crippen LogP contribution in [0.3, 0.4) is 0 Å². The Labute approximate surface area is 152 Å². The Bertz CT molecular complexity index is 1020. The highest BCUT2D eigenvalue weighted by atomic mass is 16.5. The van der Waals surface area contributed by atoms with E-state index in [-0.39, 0.29) is 17.7 Å². The van der Waals surface area contributed by atoms with E-state index in [9.17, 15) is 9.59 Å². The molecular weight excluding hydrogens is 324 g/mol. The molecule has 3 aromatic carbocycles. The van der Waals surface area contributed by atoms with Crippen LogP contribution in [-0.2, 0) is 0 Å². The number of rotatable bonds is 3. The van der Waals surface area contributed by atoms with E-state index in [0.717, 1.165) is 11.1 Å². The highest BCUT2D eigenvalue weighted by molar-refractivity contribution is 6.29. The van der Waals surface area contributed by atoms with Crippen LogP contribution in [-0.4, -0.2) is 11.6 Å². The van der Waals surface area contributed by atoms with E-state index in [1.165, 1.54) is 0 Å². The summed E-state index contributed by atoms with van der Waals surface area (Å²) in [5, 5.41) is 0. The number of hydrogen-bond acceptors (Lipinski definition) is 3. The van der Waals surface area contributed by atoms with Crippen molar-refractivity contribution in [3.63, 3.8) is 0 Å². The van der Waals surface area contributed by atoms with Gasteiger partial charge in [0.05, 0.1) is 5.56 Å². The van der Waals surface area contributed by atoms with Crippen LogP contribution in [0.1, 0.15) is 56.0 Å². The molecule has 0 aliphatic heterocycles. The Morgan fingerprint density at radius 1 is 0.731 bits per heavy atom. The monoisotopic (exact) mass is 342 g/mol. The van der Waals surface area contributed by atoms with E-state index in [1.807, 2.05) is 50.2 Å². The summed E-state index contributed by atoms with van der Waals surface area (Å²) < 4.78 is 6.19. The van der Waals surface area contributed by atoms with Gasteiger partial charge in [-0.2, -0.15) is 0 Å². The fourth-order valence-corrected chi connectivity index (χ4v) is 3.38. The van der Waals surface area contributed by atoms with Gasteiger partial charge in [-0.3, -0.25) is 9.59 Å². The molecule has 1 atom stereocenters. The number of benzene rings is 3. The van der Waals surface area contributed by atoms with Crippen LogP contribution in [0, 0.1) is 6.92 Å². The first-order valence-corrected chi connectivity index (χ1v) is 8.61. The molecule has 0 aromatic heterocycles. The number of ketones is 2. The first kappa shape index (κ1) is 16.3. The van der Waals surface area contributed by atoms with Gasteiger partial charge in [-0.25, -0.2) is 0 Å². The molecule has 1 aliphatic rings. The zero-order chi connectivity index (χ0) is 18.3. The van der Waals surface area contributed by atoms with Crippen LogP contribution >= 0.6 is 0 Å². The lowest BCUT2D eigenvalue weighted by Crippen LogP contribution is -2.22. The minimum atomic E-state index is -0.235. The maximum absolute atomic E-state index is 13.1. The number of fused-ring (bicyclic) bond motifs is 2. The second kappa shape index (κ2) is 6.26. The minimum absolute atomic E-state index is 0.132. The summed E-state index contributed by atoms with van der Waals surface area (Å²) in [7, 11) is 0. The first-order chi connectivity index (χ1) is 12.6. The summed E-state index contributed by atoms with van der Waals surface area (Å²) in [6.45, 7) is 3.84. The van der Waals surface area contributed by atoms with E-state index < -0.39 is 0 Å². The third kappa shape index (κ3) is 2.53. The fraction of sp³-hybridized carbons (Fsp3) is 0.130. The van der Waals surface area contributed by atoms with Gasteiger partial charge in [0.2, 0.25) is 0 Å².